The minimum Gasteiger partial charge on any atom is -0.495 e. The molecule has 0 saturated heterocycles. The lowest BCUT2D eigenvalue weighted by atomic mass is 10.2. The first-order valence-electron chi connectivity index (χ1n) is 8.44. The molecule has 0 aromatic heterocycles. The van der Waals surface area contributed by atoms with Crippen LogP contribution in [-0.2, 0) is 16.1 Å². The molecule has 0 spiro atoms. The van der Waals surface area contributed by atoms with Crippen molar-refractivity contribution in [2.24, 2.45) is 0 Å². The largest absolute Gasteiger partial charge is 0.495 e. The lowest BCUT2D eigenvalue weighted by Crippen LogP contribution is -2.43. The number of hydrogen-bond donors (Lipinski definition) is 1. The first kappa shape index (κ1) is 20.6. The molecule has 0 bridgehead atoms. The molecule has 1 N–H and O–H groups in total. The minimum absolute atomic E-state index is 0.148. The topological polar surface area (TPSA) is 67.9 Å². The molecule has 0 radical (unpaired) electrons. The quantitative estimate of drug-likeness (QED) is 0.763. The first-order chi connectivity index (χ1) is 12.9. The highest BCUT2D eigenvalue weighted by Gasteiger charge is 2.25. The van der Waals surface area contributed by atoms with E-state index in [1.54, 1.807) is 0 Å². The Kier molecular flexibility index (Phi) is 7.07. The molecule has 0 saturated carbocycles. The van der Waals surface area contributed by atoms with E-state index in [0.29, 0.717) is 28.8 Å². The van der Waals surface area contributed by atoms with Crippen molar-refractivity contribution in [2.75, 3.05) is 19.5 Å². The van der Waals surface area contributed by atoms with E-state index in [4.69, 9.17) is 21.1 Å². The molecule has 2 rings (SSSR count). The smallest absolute Gasteiger partial charge is 0.314 e. The number of nitrogens with zero attached hydrogens (tertiary/aromatic N) is 1. The number of ether oxygens (including phenoxy) is 2. The number of anilines is 1. The van der Waals surface area contributed by atoms with Gasteiger partial charge in [-0.2, -0.15) is 0 Å². The van der Waals surface area contributed by atoms with Crippen LogP contribution in [0.5, 0.6) is 11.5 Å². The zero-order valence-corrected chi connectivity index (χ0v) is 16.5. The molecule has 144 valence electrons. The van der Waals surface area contributed by atoms with Gasteiger partial charge in [-0.3, -0.25) is 9.59 Å². The van der Waals surface area contributed by atoms with Gasteiger partial charge in [-0.15, -0.1) is 0 Å². The highest BCUT2D eigenvalue weighted by atomic mass is 35.5. The average molecular weight is 391 g/mol. The number of nitrogens with one attached hydrogen (secondary N) is 1. The second kappa shape index (κ2) is 9.28. The summed E-state index contributed by atoms with van der Waals surface area (Å²) in [6, 6.07) is 12.4. The molecule has 2 aromatic rings. The number of methoxy groups -OCH3 is 2. The lowest BCUT2D eigenvalue weighted by molar-refractivity contribution is -0.144. The summed E-state index contributed by atoms with van der Waals surface area (Å²) in [6.07, 6.45) is 0. The molecule has 6 nitrogen and oxygen atoms in total. The van der Waals surface area contributed by atoms with E-state index in [0.717, 1.165) is 5.56 Å². The molecule has 0 atom stereocenters. The van der Waals surface area contributed by atoms with Gasteiger partial charge in [-0.05, 0) is 19.4 Å². The number of carbonyl (C=O) groups is 2. The summed E-state index contributed by atoms with van der Waals surface area (Å²) in [5.74, 6) is -0.696. The number of hydrogen-bond acceptors (Lipinski definition) is 4. The van der Waals surface area contributed by atoms with Crippen LogP contribution in [-0.4, -0.2) is 37.0 Å². The van der Waals surface area contributed by atoms with E-state index in [1.807, 2.05) is 44.2 Å². The lowest BCUT2D eigenvalue weighted by Gasteiger charge is -2.26. The Morgan fingerprint density at radius 1 is 1.07 bits per heavy atom. The van der Waals surface area contributed by atoms with E-state index in [-0.39, 0.29) is 6.04 Å². The molecular formula is C20H23ClN2O4. The monoisotopic (exact) mass is 390 g/mol. The summed E-state index contributed by atoms with van der Waals surface area (Å²) in [5, 5.41) is 2.93. The van der Waals surface area contributed by atoms with Crippen molar-refractivity contribution in [2.45, 2.75) is 26.4 Å². The average Bonchev–Trinajstić information content (AvgIpc) is 2.67. The van der Waals surface area contributed by atoms with Crippen molar-refractivity contribution in [3.8, 4) is 11.5 Å². The van der Waals surface area contributed by atoms with E-state index in [2.05, 4.69) is 5.32 Å². The normalized spacial score (nSPS) is 10.4. The summed E-state index contributed by atoms with van der Waals surface area (Å²) in [4.78, 5) is 26.8. The highest BCUT2D eigenvalue weighted by molar-refractivity contribution is 6.40. The van der Waals surface area contributed by atoms with Crippen LogP contribution in [0.3, 0.4) is 0 Å². The summed E-state index contributed by atoms with van der Waals surface area (Å²) in [7, 11) is 2.91. The third-order valence-electron chi connectivity index (χ3n) is 4.00. The van der Waals surface area contributed by atoms with Gasteiger partial charge < -0.3 is 19.7 Å². The van der Waals surface area contributed by atoms with E-state index in [9.17, 15) is 9.59 Å². The van der Waals surface area contributed by atoms with Crippen molar-refractivity contribution in [3.63, 3.8) is 0 Å². The molecule has 0 heterocycles. The predicted molar refractivity (Wildman–Crippen MR) is 105 cm³/mol. The van der Waals surface area contributed by atoms with Crippen LogP contribution in [0.2, 0.25) is 5.02 Å². The van der Waals surface area contributed by atoms with Crippen LogP contribution < -0.4 is 14.8 Å². The Bertz CT molecular complexity index is 809. The molecule has 0 aliphatic heterocycles. The standard InChI is InChI=1S/C20H23ClN2O4/c1-13(2)23(12-14-8-6-5-7-9-14)20(25)19(24)22-16-11-17(26-3)15(21)10-18(16)27-4/h5-11,13H,12H2,1-4H3,(H,22,24). The Labute approximate surface area is 164 Å². The first-order valence-corrected chi connectivity index (χ1v) is 8.82. The van der Waals surface area contributed by atoms with Crippen molar-refractivity contribution in [1.29, 1.82) is 0 Å². The number of carbonyl (C=O) groups excluding carboxylic acids is 2. The fourth-order valence-electron chi connectivity index (χ4n) is 2.53. The molecule has 0 fully saturated rings. The zero-order valence-electron chi connectivity index (χ0n) is 15.8. The van der Waals surface area contributed by atoms with Crippen LogP contribution in [0.15, 0.2) is 42.5 Å². The number of benzene rings is 2. The predicted octanol–water partition coefficient (Wildman–Crippen LogP) is 3.73. The van der Waals surface area contributed by atoms with Crippen LogP contribution in [0.25, 0.3) is 0 Å². The van der Waals surface area contributed by atoms with Gasteiger partial charge in [0.05, 0.1) is 24.9 Å². The SMILES string of the molecule is COc1cc(NC(=O)C(=O)N(Cc2ccccc2)C(C)C)c(OC)cc1Cl. The summed E-state index contributed by atoms with van der Waals surface area (Å²) in [6.45, 7) is 4.06. The number of halogens is 1. The summed E-state index contributed by atoms with van der Waals surface area (Å²) in [5.41, 5.74) is 1.25. The van der Waals surface area contributed by atoms with Crippen LogP contribution in [0.1, 0.15) is 19.4 Å². The minimum atomic E-state index is -0.762. The van der Waals surface area contributed by atoms with Crippen molar-refractivity contribution in [1.82, 2.24) is 4.90 Å². The molecule has 27 heavy (non-hydrogen) atoms. The van der Waals surface area contributed by atoms with Gasteiger partial charge in [0.15, 0.2) is 0 Å². The Morgan fingerprint density at radius 2 is 1.70 bits per heavy atom. The maximum Gasteiger partial charge on any atom is 0.314 e. The second-order valence-electron chi connectivity index (χ2n) is 6.15. The number of amides is 2. The molecule has 0 aliphatic rings. The molecule has 0 aliphatic carbocycles. The molecule has 2 amide bonds. The van der Waals surface area contributed by atoms with E-state index in [1.165, 1.54) is 31.3 Å². The van der Waals surface area contributed by atoms with Gasteiger partial charge in [-0.1, -0.05) is 41.9 Å². The van der Waals surface area contributed by atoms with E-state index >= 15 is 0 Å². The maximum atomic E-state index is 12.7. The van der Waals surface area contributed by atoms with Crippen molar-refractivity contribution < 1.29 is 19.1 Å². The van der Waals surface area contributed by atoms with Gasteiger partial charge >= 0.3 is 11.8 Å². The van der Waals surface area contributed by atoms with Gasteiger partial charge in [-0.25, -0.2) is 0 Å². The Balaban J connectivity index is 2.21. The summed E-state index contributed by atoms with van der Waals surface area (Å²) >= 11 is 6.07. The van der Waals surface area contributed by atoms with Crippen molar-refractivity contribution in [3.05, 3.63) is 53.1 Å². The fourth-order valence-corrected chi connectivity index (χ4v) is 2.76. The van der Waals surface area contributed by atoms with Gasteiger partial charge in [0.25, 0.3) is 0 Å². The summed E-state index contributed by atoms with van der Waals surface area (Å²) < 4.78 is 10.4. The van der Waals surface area contributed by atoms with Crippen LogP contribution >= 0.6 is 11.6 Å². The highest BCUT2D eigenvalue weighted by Crippen LogP contribution is 2.35. The molecule has 7 heteroatoms. The van der Waals surface area contributed by atoms with Crippen LogP contribution in [0, 0.1) is 0 Å². The zero-order chi connectivity index (χ0) is 20.0. The molecule has 0 unspecified atom stereocenters. The van der Waals surface area contributed by atoms with Gasteiger partial charge in [0, 0.05) is 24.7 Å². The third-order valence-corrected chi connectivity index (χ3v) is 4.29. The fraction of sp³-hybridized carbons (Fsp3) is 0.300. The van der Waals surface area contributed by atoms with Gasteiger partial charge in [0.2, 0.25) is 0 Å². The van der Waals surface area contributed by atoms with Crippen LogP contribution in [0.4, 0.5) is 5.69 Å². The molecule has 2 aromatic carbocycles. The van der Waals surface area contributed by atoms with Gasteiger partial charge in [0.1, 0.15) is 11.5 Å². The maximum absolute atomic E-state index is 12.7. The second-order valence-corrected chi connectivity index (χ2v) is 6.56. The van der Waals surface area contributed by atoms with Crippen molar-refractivity contribution >= 4 is 29.1 Å². The number of rotatable bonds is 6. The van der Waals surface area contributed by atoms with E-state index < -0.39 is 11.8 Å². The Morgan fingerprint density at radius 3 is 2.26 bits per heavy atom. The Hall–Kier alpha value is -2.73. The third kappa shape index (κ3) is 5.14. The molecular weight excluding hydrogens is 368 g/mol.